The van der Waals surface area contributed by atoms with Crippen LogP contribution >= 0.6 is 0 Å². The quantitative estimate of drug-likeness (QED) is 0.679. The summed E-state index contributed by atoms with van der Waals surface area (Å²) in [5, 5.41) is 0. The van der Waals surface area contributed by atoms with E-state index in [-0.39, 0.29) is 0 Å². The molecule has 0 spiro atoms. The smallest absolute Gasteiger partial charge is 0.191 e. The van der Waals surface area contributed by atoms with Crippen LogP contribution in [-0.4, -0.2) is 31.1 Å². The van der Waals surface area contributed by atoms with Gasteiger partial charge in [0.25, 0.3) is 0 Å². The van der Waals surface area contributed by atoms with E-state index in [1.807, 2.05) is 30.1 Å². The van der Waals surface area contributed by atoms with E-state index >= 15 is 0 Å². The molecule has 110 valence electrons. The fourth-order valence-corrected chi connectivity index (χ4v) is 2.62. The van der Waals surface area contributed by atoms with Crippen LogP contribution in [0.2, 0.25) is 0 Å². The van der Waals surface area contributed by atoms with E-state index in [4.69, 9.17) is 10.5 Å². The Labute approximate surface area is 121 Å². The molecule has 0 saturated heterocycles. The number of rotatable bonds is 4. The third kappa shape index (κ3) is 4.15. The van der Waals surface area contributed by atoms with Crippen molar-refractivity contribution in [1.29, 1.82) is 0 Å². The van der Waals surface area contributed by atoms with Gasteiger partial charge in [0.15, 0.2) is 5.96 Å². The van der Waals surface area contributed by atoms with Gasteiger partial charge in [0.1, 0.15) is 5.75 Å². The van der Waals surface area contributed by atoms with E-state index in [1.165, 1.54) is 37.7 Å². The summed E-state index contributed by atoms with van der Waals surface area (Å²) in [7, 11) is 3.67. The fraction of sp³-hybridized carbons (Fsp3) is 0.562. The first-order valence-corrected chi connectivity index (χ1v) is 7.36. The maximum absolute atomic E-state index is 6.11. The summed E-state index contributed by atoms with van der Waals surface area (Å²) in [4.78, 5) is 6.67. The molecule has 0 radical (unpaired) electrons. The zero-order valence-corrected chi connectivity index (χ0v) is 12.5. The van der Waals surface area contributed by atoms with Crippen LogP contribution in [0.15, 0.2) is 29.3 Å². The summed E-state index contributed by atoms with van der Waals surface area (Å²) in [6, 6.07) is 8.47. The molecule has 0 unspecified atom stereocenters. The SMILES string of the molecule is COc1cccc(CN(C)C(N)=NC2CCCCC2)c1. The molecule has 4 heteroatoms. The topological polar surface area (TPSA) is 50.9 Å². The first kappa shape index (κ1) is 14.7. The summed E-state index contributed by atoms with van der Waals surface area (Å²) in [5.41, 5.74) is 7.29. The third-order valence-corrected chi connectivity index (χ3v) is 3.83. The van der Waals surface area contributed by atoms with Gasteiger partial charge >= 0.3 is 0 Å². The van der Waals surface area contributed by atoms with E-state index in [1.54, 1.807) is 7.11 Å². The molecule has 2 rings (SSSR count). The predicted octanol–water partition coefficient (Wildman–Crippen LogP) is 2.77. The Morgan fingerprint density at radius 1 is 1.35 bits per heavy atom. The molecule has 1 saturated carbocycles. The van der Waals surface area contributed by atoms with E-state index in [0.29, 0.717) is 12.0 Å². The minimum absolute atomic E-state index is 0.413. The van der Waals surface area contributed by atoms with Crippen LogP contribution in [0.1, 0.15) is 37.7 Å². The number of ether oxygens (including phenoxy) is 1. The van der Waals surface area contributed by atoms with Gasteiger partial charge in [-0.2, -0.15) is 0 Å². The van der Waals surface area contributed by atoms with Crippen molar-refractivity contribution in [1.82, 2.24) is 4.90 Å². The average Bonchev–Trinajstić information content (AvgIpc) is 2.48. The minimum Gasteiger partial charge on any atom is -0.497 e. The number of nitrogens with two attached hydrogens (primary N) is 1. The van der Waals surface area contributed by atoms with Gasteiger partial charge in [-0.3, -0.25) is 0 Å². The Kier molecular flexibility index (Phi) is 5.27. The molecule has 4 nitrogen and oxygen atoms in total. The van der Waals surface area contributed by atoms with Gasteiger partial charge in [0.05, 0.1) is 13.2 Å². The monoisotopic (exact) mass is 275 g/mol. The van der Waals surface area contributed by atoms with Crippen molar-refractivity contribution in [3.8, 4) is 5.75 Å². The van der Waals surface area contributed by atoms with Crippen molar-refractivity contribution in [2.45, 2.75) is 44.7 Å². The molecule has 1 aromatic carbocycles. The maximum atomic E-state index is 6.11. The molecule has 1 aromatic rings. The van der Waals surface area contributed by atoms with E-state index < -0.39 is 0 Å². The molecule has 0 heterocycles. The summed E-state index contributed by atoms with van der Waals surface area (Å²) < 4.78 is 5.24. The largest absolute Gasteiger partial charge is 0.497 e. The molecule has 0 aliphatic heterocycles. The van der Waals surface area contributed by atoms with Crippen LogP contribution < -0.4 is 10.5 Å². The Morgan fingerprint density at radius 2 is 2.10 bits per heavy atom. The highest BCUT2D eigenvalue weighted by Crippen LogP contribution is 2.20. The maximum Gasteiger partial charge on any atom is 0.191 e. The lowest BCUT2D eigenvalue weighted by Gasteiger charge is -2.23. The number of nitrogens with zero attached hydrogens (tertiary/aromatic N) is 2. The van der Waals surface area contributed by atoms with Gasteiger partial charge < -0.3 is 15.4 Å². The second-order valence-corrected chi connectivity index (χ2v) is 5.49. The highest BCUT2D eigenvalue weighted by Gasteiger charge is 2.13. The summed E-state index contributed by atoms with van der Waals surface area (Å²) in [6.45, 7) is 0.749. The number of hydrogen-bond donors (Lipinski definition) is 1. The standard InChI is InChI=1S/C16H25N3O/c1-19(12-13-7-6-10-15(11-13)20-2)16(17)18-14-8-4-3-5-9-14/h6-7,10-11,14H,3-5,8-9,12H2,1-2H3,(H2,17,18). The zero-order valence-electron chi connectivity index (χ0n) is 12.5. The van der Waals surface area contributed by atoms with Gasteiger partial charge in [-0.05, 0) is 30.5 Å². The number of guanidine groups is 1. The van der Waals surface area contributed by atoms with Crippen LogP contribution in [0.3, 0.4) is 0 Å². The van der Waals surface area contributed by atoms with Crippen LogP contribution in [0.25, 0.3) is 0 Å². The molecule has 0 atom stereocenters. The number of methoxy groups -OCH3 is 1. The van der Waals surface area contributed by atoms with E-state index in [0.717, 1.165) is 12.3 Å². The molecule has 0 bridgehead atoms. The average molecular weight is 275 g/mol. The van der Waals surface area contributed by atoms with Gasteiger partial charge in [-0.1, -0.05) is 31.4 Å². The molecule has 1 fully saturated rings. The minimum atomic E-state index is 0.413. The summed E-state index contributed by atoms with van der Waals surface area (Å²) in [5.74, 6) is 1.51. The van der Waals surface area contributed by atoms with Crippen LogP contribution in [0.5, 0.6) is 5.75 Å². The molecule has 20 heavy (non-hydrogen) atoms. The second-order valence-electron chi connectivity index (χ2n) is 5.49. The highest BCUT2D eigenvalue weighted by molar-refractivity contribution is 5.78. The van der Waals surface area contributed by atoms with Gasteiger partial charge in [0, 0.05) is 13.6 Å². The lowest BCUT2D eigenvalue weighted by Crippen LogP contribution is -2.35. The summed E-state index contributed by atoms with van der Waals surface area (Å²) >= 11 is 0. The van der Waals surface area contributed by atoms with Crippen molar-refractivity contribution < 1.29 is 4.74 Å². The van der Waals surface area contributed by atoms with E-state index in [2.05, 4.69) is 11.1 Å². The third-order valence-electron chi connectivity index (χ3n) is 3.83. The normalized spacial score (nSPS) is 17.0. The second kappa shape index (κ2) is 7.17. The molecular formula is C16H25N3O. The van der Waals surface area contributed by atoms with Crippen molar-refractivity contribution >= 4 is 5.96 Å². The van der Waals surface area contributed by atoms with Crippen molar-refractivity contribution in [3.63, 3.8) is 0 Å². The summed E-state index contributed by atoms with van der Waals surface area (Å²) in [6.07, 6.45) is 6.25. The van der Waals surface area contributed by atoms with Crippen molar-refractivity contribution in [3.05, 3.63) is 29.8 Å². The molecule has 0 amide bonds. The highest BCUT2D eigenvalue weighted by atomic mass is 16.5. The zero-order chi connectivity index (χ0) is 14.4. The molecule has 2 N–H and O–H groups in total. The predicted molar refractivity (Wildman–Crippen MR) is 83.0 cm³/mol. The first-order valence-electron chi connectivity index (χ1n) is 7.36. The number of hydrogen-bond acceptors (Lipinski definition) is 2. The van der Waals surface area contributed by atoms with Crippen molar-refractivity contribution in [2.75, 3.05) is 14.2 Å². The Hall–Kier alpha value is -1.71. The van der Waals surface area contributed by atoms with Crippen molar-refractivity contribution in [2.24, 2.45) is 10.7 Å². The number of aliphatic imine (C=N–C) groups is 1. The lowest BCUT2D eigenvalue weighted by molar-refractivity contribution is 0.411. The van der Waals surface area contributed by atoms with Gasteiger partial charge in [-0.15, -0.1) is 0 Å². The first-order chi connectivity index (χ1) is 9.69. The fourth-order valence-electron chi connectivity index (χ4n) is 2.62. The van der Waals surface area contributed by atoms with Crippen LogP contribution in [0, 0.1) is 0 Å². The molecule has 0 aromatic heterocycles. The van der Waals surface area contributed by atoms with E-state index in [9.17, 15) is 0 Å². The molecular weight excluding hydrogens is 250 g/mol. The lowest BCUT2D eigenvalue weighted by atomic mass is 9.96. The Morgan fingerprint density at radius 3 is 2.80 bits per heavy atom. The van der Waals surface area contributed by atoms with Crippen LogP contribution in [0.4, 0.5) is 0 Å². The number of benzene rings is 1. The Balaban J connectivity index is 1.95. The van der Waals surface area contributed by atoms with Gasteiger partial charge in [0.2, 0.25) is 0 Å². The van der Waals surface area contributed by atoms with Gasteiger partial charge in [-0.25, -0.2) is 4.99 Å². The molecule has 1 aliphatic carbocycles. The van der Waals surface area contributed by atoms with Crippen LogP contribution in [-0.2, 0) is 6.54 Å². The molecule has 1 aliphatic rings. The Bertz CT molecular complexity index is 453.